The van der Waals surface area contributed by atoms with Crippen LogP contribution in [-0.4, -0.2) is 81.7 Å². The summed E-state index contributed by atoms with van der Waals surface area (Å²) in [6, 6.07) is -5.97. The molecule has 5 unspecified atom stereocenters. The number of aliphatic hydroxyl groups excluding tert-OH is 1. The maximum absolute atomic E-state index is 12.7. The molecule has 0 radical (unpaired) electrons. The lowest BCUT2D eigenvalue weighted by atomic mass is 9.97. The summed E-state index contributed by atoms with van der Waals surface area (Å²) >= 11 is 0. The molecule has 0 aromatic carbocycles. The second kappa shape index (κ2) is 13.1. The lowest BCUT2D eigenvalue weighted by Gasteiger charge is -2.27. The number of nitrogens with one attached hydrogen (secondary N) is 3. The SMILES string of the molecule is CCC(C)C(NC(=O)C(N)CC(N)=O)C(=O)NC(CC(=O)O)C(=O)NC(CO)C(=O)O. The Bertz CT molecular complexity index is 699. The van der Waals surface area contributed by atoms with Gasteiger partial charge in [0.05, 0.1) is 25.5 Å². The van der Waals surface area contributed by atoms with E-state index in [1.165, 1.54) is 0 Å². The Morgan fingerprint density at radius 2 is 1.42 bits per heavy atom. The molecule has 0 heterocycles. The number of nitrogens with two attached hydrogens (primary N) is 2. The van der Waals surface area contributed by atoms with Crippen molar-refractivity contribution in [3.63, 3.8) is 0 Å². The second-order valence-electron chi connectivity index (χ2n) is 6.89. The first-order chi connectivity index (χ1) is 14.3. The molecule has 176 valence electrons. The Morgan fingerprint density at radius 3 is 1.84 bits per heavy atom. The quantitative estimate of drug-likeness (QED) is 0.129. The molecule has 0 aliphatic rings. The molecule has 0 fully saturated rings. The van der Waals surface area contributed by atoms with Gasteiger partial charge in [-0.1, -0.05) is 20.3 Å². The number of carboxylic acids is 2. The van der Waals surface area contributed by atoms with E-state index in [1.807, 2.05) is 5.32 Å². The zero-order chi connectivity index (χ0) is 24.3. The third kappa shape index (κ3) is 9.86. The molecule has 5 atom stereocenters. The number of rotatable bonds is 14. The lowest BCUT2D eigenvalue weighted by Crippen LogP contribution is -2.59. The number of carbonyl (C=O) groups is 6. The summed E-state index contributed by atoms with van der Waals surface area (Å²) < 4.78 is 0. The van der Waals surface area contributed by atoms with Crippen molar-refractivity contribution in [2.45, 2.75) is 57.3 Å². The zero-order valence-corrected chi connectivity index (χ0v) is 17.2. The van der Waals surface area contributed by atoms with E-state index in [0.717, 1.165) is 0 Å². The van der Waals surface area contributed by atoms with Gasteiger partial charge in [0.15, 0.2) is 0 Å². The number of carboxylic acid groups (broad SMARTS) is 2. The van der Waals surface area contributed by atoms with E-state index in [4.69, 9.17) is 26.8 Å². The number of carbonyl (C=O) groups excluding carboxylic acids is 4. The maximum Gasteiger partial charge on any atom is 0.328 e. The van der Waals surface area contributed by atoms with Crippen molar-refractivity contribution in [3.8, 4) is 0 Å². The summed E-state index contributed by atoms with van der Waals surface area (Å²) in [5.41, 5.74) is 10.5. The van der Waals surface area contributed by atoms with Gasteiger partial charge in [0.2, 0.25) is 23.6 Å². The van der Waals surface area contributed by atoms with Gasteiger partial charge in [-0.15, -0.1) is 0 Å². The van der Waals surface area contributed by atoms with Gasteiger partial charge in [-0.2, -0.15) is 0 Å². The minimum absolute atomic E-state index is 0.394. The third-order valence-electron chi connectivity index (χ3n) is 4.36. The van der Waals surface area contributed by atoms with Crippen molar-refractivity contribution in [3.05, 3.63) is 0 Å². The second-order valence-corrected chi connectivity index (χ2v) is 6.89. The van der Waals surface area contributed by atoms with E-state index < -0.39 is 85.1 Å². The summed E-state index contributed by atoms with van der Waals surface area (Å²) in [6.45, 7) is 2.35. The van der Waals surface area contributed by atoms with Gasteiger partial charge < -0.3 is 42.7 Å². The molecule has 0 aromatic rings. The molecule has 0 rings (SSSR count). The van der Waals surface area contributed by atoms with E-state index >= 15 is 0 Å². The van der Waals surface area contributed by atoms with Crippen LogP contribution in [0.25, 0.3) is 0 Å². The first-order valence-electron chi connectivity index (χ1n) is 9.34. The number of hydrogen-bond acceptors (Lipinski definition) is 8. The summed E-state index contributed by atoms with van der Waals surface area (Å²) in [4.78, 5) is 70.2. The fourth-order valence-corrected chi connectivity index (χ4v) is 2.37. The molecular formula is C17H29N5O9. The van der Waals surface area contributed by atoms with Gasteiger partial charge >= 0.3 is 11.9 Å². The van der Waals surface area contributed by atoms with Gasteiger partial charge in [0.25, 0.3) is 0 Å². The summed E-state index contributed by atoms with van der Waals surface area (Å²) in [7, 11) is 0. The van der Waals surface area contributed by atoms with Gasteiger partial charge in [-0.3, -0.25) is 24.0 Å². The molecular weight excluding hydrogens is 418 g/mol. The lowest BCUT2D eigenvalue weighted by molar-refractivity contribution is -0.144. The molecule has 0 aliphatic carbocycles. The highest BCUT2D eigenvalue weighted by Gasteiger charge is 2.33. The van der Waals surface area contributed by atoms with Crippen LogP contribution in [0.1, 0.15) is 33.1 Å². The average molecular weight is 447 g/mol. The number of hydrogen-bond donors (Lipinski definition) is 8. The van der Waals surface area contributed by atoms with E-state index in [2.05, 4.69) is 10.6 Å². The Kier molecular flexibility index (Phi) is 11.7. The molecule has 14 nitrogen and oxygen atoms in total. The highest BCUT2D eigenvalue weighted by Crippen LogP contribution is 2.10. The molecule has 0 saturated heterocycles. The van der Waals surface area contributed by atoms with Crippen LogP contribution in [0, 0.1) is 5.92 Å². The molecule has 0 spiro atoms. The molecule has 0 saturated carbocycles. The van der Waals surface area contributed by atoms with Crippen molar-refractivity contribution in [2.75, 3.05) is 6.61 Å². The Labute approximate surface area is 177 Å². The summed E-state index contributed by atoms with van der Waals surface area (Å²) in [5.74, 6) is -7.29. The zero-order valence-electron chi connectivity index (χ0n) is 17.2. The fourth-order valence-electron chi connectivity index (χ4n) is 2.37. The average Bonchev–Trinajstić information content (AvgIpc) is 2.67. The van der Waals surface area contributed by atoms with Crippen molar-refractivity contribution in [1.82, 2.24) is 16.0 Å². The summed E-state index contributed by atoms with van der Waals surface area (Å²) in [6.07, 6.45) is -0.967. The van der Waals surface area contributed by atoms with Crippen LogP contribution in [-0.2, 0) is 28.8 Å². The van der Waals surface area contributed by atoms with Crippen LogP contribution < -0.4 is 27.4 Å². The van der Waals surface area contributed by atoms with Gasteiger partial charge in [0.1, 0.15) is 18.1 Å². The van der Waals surface area contributed by atoms with Crippen LogP contribution in [0.3, 0.4) is 0 Å². The molecule has 0 bridgehead atoms. The molecule has 0 aliphatic heterocycles. The van der Waals surface area contributed by atoms with Crippen LogP contribution in [0.4, 0.5) is 0 Å². The predicted octanol–water partition coefficient (Wildman–Crippen LogP) is -3.76. The Balaban J connectivity index is 5.51. The minimum atomic E-state index is -1.71. The summed E-state index contributed by atoms with van der Waals surface area (Å²) in [5, 5.41) is 33.3. The van der Waals surface area contributed by atoms with Crippen molar-refractivity contribution >= 4 is 35.6 Å². The van der Waals surface area contributed by atoms with E-state index in [0.29, 0.717) is 6.42 Å². The highest BCUT2D eigenvalue weighted by atomic mass is 16.4. The van der Waals surface area contributed by atoms with Gasteiger partial charge in [-0.25, -0.2) is 4.79 Å². The van der Waals surface area contributed by atoms with Crippen molar-refractivity contribution < 1.29 is 44.1 Å². The van der Waals surface area contributed by atoms with Gasteiger partial charge in [0, 0.05) is 0 Å². The van der Waals surface area contributed by atoms with Crippen molar-refractivity contribution in [1.29, 1.82) is 0 Å². The van der Waals surface area contributed by atoms with E-state index in [9.17, 15) is 28.8 Å². The molecule has 4 amide bonds. The fraction of sp³-hybridized carbons (Fsp3) is 0.647. The number of aliphatic carboxylic acids is 2. The minimum Gasteiger partial charge on any atom is -0.481 e. The Hall–Kier alpha value is -3.26. The Morgan fingerprint density at radius 1 is 0.871 bits per heavy atom. The van der Waals surface area contributed by atoms with E-state index in [1.54, 1.807) is 13.8 Å². The molecule has 10 N–H and O–H groups in total. The first kappa shape index (κ1) is 27.7. The monoisotopic (exact) mass is 447 g/mol. The molecule has 0 aromatic heterocycles. The number of amides is 4. The van der Waals surface area contributed by atoms with Crippen LogP contribution in [0.15, 0.2) is 0 Å². The third-order valence-corrected chi connectivity index (χ3v) is 4.36. The van der Waals surface area contributed by atoms with Crippen molar-refractivity contribution in [2.24, 2.45) is 17.4 Å². The first-order valence-corrected chi connectivity index (χ1v) is 9.34. The smallest absolute Gasteiger partial charge is 0.328 e. The van der Waals surface area contributed by atoms with Crippen LogP contribution in [0.2, 0.25) is 0 Å². The predicted molar refractivity (Wildman–Crippen MR) is 104 cm³/mol. The highest BCUT2D eigenvalue weighted by molar-refractivity contribution is 5.96. The maximum atomic E-state index is 12.7. The molecule has 14 heteroatoms. The molecule has 31 heavy (non-hydrogen) atoms. The van der Waals surface area contributed by atoms with Crippen LogP contribution >= 0.6 is 0 Å². The number of primary amides is 1. The topological polar surface area (TPSA) is 251 Å². The number of aliphatic hydroxyl groups is 1. The van der Waals surface area contributed by atoms with Crippen LogP contribution in [0.5, 0.6) is 0 Å². The standard InChI is InChI=1S/C17H29N5O9/c1-3-7(2)13(22-14(27)8(18)4-11(19)24)16(29)20-9(5-12(25)26)15(28)21-10(6-23)17(30)31/h7-10,13,23H,3-6,18H2,1-2H3,(H2,19,24)(H,20,29)(H,21,28)(H,22,27)(H,25,26)(H,30,31). The van der Waals surface area contributed by atoms with Gasteiger partial charge in [-0.05, 0) is 5.92 Å². The largest absolute Gasteiger partial charge is 0.481 e. The normalized spacial score (nSPS) is 15.5. The van der Waals surface area contributed by atoms with E-state index in [-0.39, 0.29) is 0 Å².